The van der Waals surface area contributed by atoms with Gasteiger partial charge in [-0.05, 0) is 55.7 Å². The zero-order valence-corrected chi connectivity index (χ0v) is 16.0. The highest BCUT2D eigenvalue weighted by Crippen LogP contribution is 2.36. The maximum absolute atomic E-state index is 11.0. The molecule has 1 saturated heterocycles. The van der Waals surface area contributed by atoms with Gasteiger partial charge in [0.25, 0.3) is 0 Å². The van der Waals surface area contributed by atoms with Crippen LogP contribution in [-0.2, 0) is 11.3 Å². The van der Waals surface area contributed by atoms with Gasteiger partial charge in [-0.3, -0.25) is 9.69 Å². The van der Waals surface area contributed by atoms with E-state index in [4.69, 9.17) is 11.6 Å². The molecule has 130 valence electrons. The zero-order valence-electron chi connectivity index (χ0n) is 14.4. The molecular formula is C19H25ClN2OS. The highest BCUT2D eigenvalue weighted by molar-refractivity contribution is 7.20. The molecule has 3 nitrogen and oxygen atoms in total. The molecule has 3 rings (SSSR count). The molecule has 1 atom stereocenters. The first-order chi connectivity index (χ1) is 11.5. The summed E-state index contributed by atoms with van der Waals surface area (Å²) in [7, 11) is 0. The van der Waals surface area contributed by atoms with Crippen molar-refractivity contribution in [3.05, 3.63) is 33.7 Å². The van der Waals surface area contributed by atoms with E-state index in [1.165, 1.54) is 33.4 Å². The van der Waals surface area contributed by atoms with Crippen LogP contribution in [0.2, 0.25) is 5.02 Å². The number of amides is 1. The molecule has 1 amide bonds. The van der Waals surface area contributed by atoms with Crippen LogP contribution in [0.4, 0.5) is 0 Å². The van der Waals surface area contributed by atoms with E-state index < -0.39 is 0 Å². The van der Waals surface area contributed by atoms with Gasteiger partial charge < -0.3 is 5.32 Å². The van der Waals surface area contributed by atoms with E-state index in [0.29, 0.717) is 5.92 Å². The molecule has 24 heavy (non-hydrogen) atoms. The Kier molecular flexibility index (Phi) is 5.80. The highest BCUT2D eigenvalue weighted by Gasteiger charge is 2.21. The monoisotopic (exact) mass is 364 g/mol. The molecule has 1 aliphatic rings. The molecule has 0 bridgehead atoms. The summed E-state index contributed by atoms with van der Waals surface area (Å²) in [5.74, 6) is 0.754. The molecule has 1 aromatic carbocycles. The molecule has 0 saturated carbocycles. The summed E-state index contributed by atoms with van der Waals surface area (Å²) in [6.45, 7) is 7.90. The number of carbonyl (C=O) groups excluding carboxylic acids is 1. The predicted octanol–water partition coefficient (Wildman–Crippen LogP) is 4.60. The SMILES string of the molecule is CC(=O)NCCC1CCCN(Cc2sc3c(Cl)cccc3c2C)C1. The number of benzene rings is 1. The van der Waals surface area contributed by atoms with Crippen molar-refractivity contribution >= 4 is 38.9 Å². The Balaban J connectivity index is 1.64. The number of piperidine rings is 1. The summed E-state index contributed by atoms with van der Waals surface area (Å²) in [5.41, 5.74) is 1.37. The predicted molar refractivity (Wildman–Crippen MR) is 103 cm³/mol. The van der Waals surface area contributed by atoms with E-state index in [9.17, 15) is 4.79 Å². The summed E-state index contributed by atoms with van der Waals surface area (Å²) in [5, 5.41) is 5.07. The normalized spacial score (nSPS) is 18.9. The summed E-state index contributed by atoms with van der Waals surface area (Å²) in [6.07, 6.45) is 3.59. The lowest BCUT2D eigenvalue weighted by Gasteiger charge is -2.32. The second kappa shape index (κ2) is 7.85. The van der Waals surface area contributed by atoms with Crippen molar-refractivity contribution in [2.24, 2.45) is 5.92 Å². The van der Waals surface area contributed by atoms with Crippen molar-refractivity contribution in [2.45, 2.75) is 39.7 Å². The lowest BCUT2D eigenvalue weighted by atomic mass is 9.94. The van der Waals surface area contributed by atoms with Crippen LogP contribution in [0, 0.1) is 12.8 Å². The van der Waals surface area contributed by atoms with Crippen LogP contribution in [0.3, 0.4) is 0 Å². The molecule has 1 fully saturated rings. The maximum atomic E-state index is 11.0. The topological polar surface area (TPSA) is 32.3 Å². The van der Waals surface area contributed by atoms with Crippen molar-refractivity contribution in [1.29, 1.82) is 0 Å². The third-order valence-electron chi connectivity index (χ3n) is 4.91. The second-order valence-corrected chi connectivity index (χ2v) is 8.29. The lowest BCUT2D eigenvalue weighted by Crippen LogP contribution is -2.36. The minimum Gasteiger partial charge on any atom is -0.356 e. The molecule has 1 aromatic heterocycles. The Hall–Kier alpha value is -1.10. The summed E-state index contributed by atoms with van der Waals surface area (Å²) < 4.78 is 1.21. The number of halogens is 1. The molecule has 1 unspecified atom stereocenters. The van der Waals surface area contributed by atoms with Gasteiger partial charge in [-0.1, -0.05) is 23.7 Å². The minimum absolute atomic E-state index is 0.0699. The Bertz CT molecular complexity index is 727. The fourth-order valence-corrected chi connectivity index (χ4v) is 5.14. The van der Waals surface area contributed by atoms with E-state index in [1.807, 2.05) is 23.5 Å². The number of nitrogens with one attached hydrogen (secondary N) is 1. The Labute approximate surface area is 153 Å². The number of hydrogen-bond acceptors (Lipinski definition) is 3. The van der Waals surface area contributed by atoms with E-state index in [-0.39, 0.29) is 5.91 Å². The Morgan fingerprint density at radius 3 is 3.04 bits per heavy atom. The number of thiophene rings is 1. The van der Waals surface area contributed by atoms with Crippen LogP contribution in [0.15, 0.2) is 18.2 Å². The zero-order chi connectivity index (χ0) is 17.1. The maximum Gasteiger partial charge on any atom is 0.216 e. The van der Waals surface area contributed by atoms with Crippen LogP contribution in [0.5, 0.6) is 0 Å². The van der Waals surface area contributed by atoms with Gasteiger partial charge >= 0.3 is 0 Å². The number of aryl methyl sites for hydroxylation is 1. The van der Waals surface area contributed by atoms with Crippen molar-refractivity contribution in [3.8, 4) is 0 Å². The molecular weight excluding hydrogens is 340 g/mol. The standard InChI is InChI=1S/C19H25ClN2OS/c1-13-16-6-3-7-17(20)19(16)24-18(13)12-22-10-4-5-15(11-22)8-9-21-14(2)23/h3,6-7,15H,4-5,8-12H2,1-2H3,(H,21,23). The molecule has 2 heterocycles. The fourth-order valence-electron chi connectivity index (χ4n) is 3.59. The van der Waals surface area contributed by atoms with Crippen LogP contribution >= 0.6 is 22.9 Å². The number of carbonyl (C=O) groups is 1. The van der Waals surface area contributed by atoms with Gasteiger partial charge in [-0.15, -0.1) is 11.3 Å². The third-order valence-corrected chi connectivity index (χ3v) is 6.66. The first-order valence-electron chi connectivity index (χ1n) is 8.68. The van der Waals surface area contributed by atoms with Gasteiger partial charge in [0.2, 0.25) is 5.91 Å². The van der Waals surface area contributed by atoms with Crippen LogP contribution < -0.4 is 5.32 Å². The van der Waals surface area contributed by atoms with Gasteiger partial charge in [0.15, 0.2) is 0 Å². The van der Waals surface area contributed by atoms with Gasteiger partial charge in [0, 0.05) is 31.4 Å². The molecule has 0 radical (unpaired) electrons. The van der Waals surface area contributed by atoms with Crippen molar-refractivity contribution in [1.82, 2.24) is 10.2 Å². The van der Waals surface area contributed by atoms with Gasteiger partial charge in [0.1, 0.15) is 0 Å². The van der Waals surface area contributed by atoms with E-state index >= 15 is 0 Å². The molecule has 1 N–H and O–H groups in total. The third kappa shape index (κ3) is 4.11. The van der Waals surface area contributed by atoms with Crippen LogP contribution in [-0.4, -0.2) is 30.4 Å². The largest absolute Gasteiger partial charge is 0.356 e. The smallest absolute Gasteiger partial charge is 0.216 e. The van der Waals surface area contributed by atoms with E-state index in [2.05, 4.69) is 23.2 Å². The quantitative estimate of drug-likeness (QED) is 0.840. The Morgan fingerprint density at radius 1 is 1.46 bits per heavy atom. The van der Waals surface area contributed by atoms with Gasteiger partial charge in [-0.2, -0.15) is 0 Å². The number of fused-ring (bicyclic) bond motifs is 1. The van der Waals surface area contributed by atoms with E-state index in [0.717, 1.165) is 37.6 Å². The number of hydrogen-bond donors (Lipinski definition) is 1. The van der Waals surface area contributed by atoms with Crippen molar-refractivity contribution in [3.63, 3.8) is 0 Å². The summed E-state index contributed by atoms with van der Waals surface area (Å²) in [6, 6.07) is 6.18. The highest BCUT2D eigenvalue weighted by atomic mass is 35.5. The first kappa shape index (κ1) is 17.7. The average Bonchev–Trinajstić information content (AvgIpc) is 2.86. The number of nitrogens with zero attached hydrogens (tertiary/aromatic N) is 1. The van der Waals surface area contributed by atoms with Crippen LogP contribution in [0.25, 0.3) is 10.1 Å². The first-order valence-corrected chi connectivity index (χ1v) is 9.87. The van der Waals surface area contributed by atoms with Crippen molar-refractivity contribution < 1.29 is 4.79 Å². The van der Waals surface area contributed by atoms with Gasteiger partial charge in [0.05, 0.1) is 9.72 Å². The molecule has 2 aromatic rings. The minimum atomic E-state index is 0.0699. The molecule has 1 aliphatic heterocycles. The second-order valence-electron chi connectivity index (χ2n) is 6.78. The van der Waals surface area contributed by atoms with Gasteiger partial charge in [-0.25, -0.2) is 0 Å². The average molecular weight is 365 g/mol. The Morgan fingerprint density at radius 2 is 2.29 bits per heavy atom. The number of likely N-dealkylation sites (tertiary alicyclic amines) is 1. The fraction of sp³-hybridized carbons (Fsp3) is 0.526. The number of rotatable bonds is 5. The lowest BCUT2D eigenvalue weighted by molar-refractivity contribution is -0.119. The van der Waals surface area contributed by atoms with Crippen LogP contribution in [0.1, 0.15) is 36.6 Å². The van der Waals surface area contributed by atoms with E-state index in [1.54, 1.807) is 6.92 Å². The van der Waals surface area contributed by atoms with Crippen molar-refractivity contribution in [2.75, 3.05) is 19.6 Å². The molecule has 0 spiro atoms. The summed E-state index contributed by atoms with van der Waals surface area (Å²) >= 11 is 8.19. The summed E-state index contributed by atoms with van der Waals surface area (Å²) in [4.78, 5) is 15.0. The molecule has 0 aliphatic carbocycles. The molecule has 5 heteroatoms.